The van der Waals surface area contributed by atoms with Gasteiger partial charge in [0, 0.05) is 5.56 Å². The number of hydrogen-bond donors (Lipinski definition) is 2. The fourth-order valence-electron chi connectivity index (χ4n) is 1.63. The van der Waals surface area contributed by atoms with Crippen molar-refractivity contribution >= 4 is 15.9 Å². The smallest absolute Gasteiger partial charge is 0.266 e. The summed E-state index contributed by atoms with van der Waals surface area (Å²) in [7, 11) is -3.76. The van der Waals surface area contributed by atoms with E-state index in [-0.39, 0.29) is 4.90 Å². The second-order valence-corrected chi connectivity index (χ2v) is 5.92. The highest BCUT2D eigenvalue weighted by atomic mass is 32.2. The van der Waals surface area contributed by atoms with Gasteiger partial charge in [-0.3, -0.25) is 10.2 Å². The summed E-state index contributed by atoms with van der Waals surface area (Å²) in [5.41, 5.74) is 3.50. The fourth-order valence-corrected chi connectivity index (χ4v) is 2.49. The summed E-state index contributed by atoms with van der Waals surface area (Å²) in [6, 6.07) is 14.7. The van der Waals surface area contributed by atoms with Crippen LogP contribution in [-0.2, 0) is 10.0 Å². The van der Waals surface area contributed by atoms with Crippen LogP contribution in [0.4, 0.5) is 0 Å². The van der Waals surface area contributed by atoms with Crippen molar-refractivity contribution in [3.63, 3.8) is 0 Å². The molecule has 0 radical (unpaired) electrons. The lowest BCUT2D eigenvalue weighted by Gasteiger charge is -2.08. The third kappa shape index (κ3) is 3.43. The Morgan fingerprint density at radius 3 is 2.35 bits per heavy atom. The second-order valence-electron chi connectivity index (χ2n) is 4.24. The van der Waals surface area contributed by atoms with Crippen LogP contribution in [0.25, 0.3) is 0 Å². The molecule has 0 saturated carbocycles. The Hall–Kier alpha value is -2.18. The molecule has 0 saturated heterocycles. The van der Waals surface area contributed by atoms with Gasteiger partial charge in [0.2, 0.25) is 0 Å². The van der Waals surface area contributed by atoms with Gasteiger partial charge in [0.15, 0.2) is 0 Å². The largest absolute Gasteiger partial charge is 0.273 e. The fraction of sp³-hybridized carbons (Fsp3) is 0.0714. The van der Waals surface area contributed by atoms with Gasteiger partial charge in [0.05, 0.1) is 4.90 Å². The van der Waals surface area contributed by atoms with Crippen LogP contribution in [0, 0.1) is 6.92 Å². The predicted molar refractivity (Wildman–Crippen MR) is 75.4 cm³/mol. The van der Waals surface area contributed by atoms with Gasteiger partial charge in [0.25, 0.3) is 15.9 Å². The lowest BCUT2D eigenvalue weighted by Crippen LogP contribution is -2.41. The molecule has 2 aromatic rings. The van der Waals surface area contributed by atoms with Crippen LogP contribution < -0.4 is 10.3 Å². The van der Waals surface area contributed by atoms with Crippen LogP contribution in [0.1, 0.15) is 15.9 Å². The standard InChI is InChI=1S/C14H14N2O3S/c1-11-6-5-7-12(10-11)14(17)15-16-20(18,19)13-8-3-2-4-9-13/h2-10,16H,1H3,(H,15,17). The number of amides is 1. The molecular weight excluding hydrogens is 276 g/mol. The summed E-state index contributed by atoms with van der Waals surface area (Å²) in [4.78, 5) is 14.0. The molecule has 2 N–H and O–H groups in total. The Labute approximate surface area is 117 Å². The number of hydrazine groups is 1. The number of aryl methyl sites for hydroxylation is 1. The number of carbonyl (C=O) groups is 1. The molecule has 2 rings (SSSR count). The molecule has 0 spiro atoms. The van der Waals surface area contributed by atoms with Gasteiger partial charge in [0.1, 0.15) is 0 Å². The number of hydrogen-bond acceptors (Lipinski definition) is 3. The molecule has 0 heterocycles. The number of rotatable bonds is 4. The SMILES string of the molecule is Cc1cccc(C(=O)NNS(=O)(=O)c2ccccc2)c1. The van der Waals surface area contributed by atoms with Crippen molar-refractivity contribution in [1.29, 1.82) is 0 Å². The molecule has 6 heteroatoms. The van der Waals surface area contributed by atoms with Crippen LogP contribution >= 0.6 is 0 Å². The zero-order valence-corrected chi connectivity index (χ0v) is 11.6. The van der Waals surface area contributed by atoms with Gasteiger partial charge in [-0.15, -0.1) is 4.83 Å². The third-order valence-corrected chi connectivity index (χ3v) is 3.90. The molecule has 0 aliphatic heterocycles. The molecule has 0 atom stereocenters. The minimum absolute atomic E-state index is 0.0875. The quantitative estimate of drug-likeness (QED) is 0.840. The van der Waals surface area contributed by atoms with E-state index < -0.39 is 15.9 Å². The van der Waals surface area contributed by atoms with Crippen molar-refractivity contribution in [2.45, 2.75) is 11.8 Å². The van der Waals surface area contributed by atoms with Crippen LogP contribution in [0.15, 0.2) is 59.5 Å². The Balaban J connectivity index is 2.07. The summed E-state index contributed by atoms with van der Waals surface area (Å²) in [5, 5.41) is 0. The molecule has 20 heavy (non-hydrogen) atoms. The molecule has 0 unspecified atom stereocenters. The minimum Gasteiger partial charge on any atom is -0.273 e. The highest BCUT2D eigenvalue weighted by molar-refractivity contribution is 7.89. The first-order chi connectivity index (χ1) is 9.49. The normalized spacial score (nSPS) is 11.1. The van der Waals surface area contributed by atoms with Crippen molar-refractivity contribution in [2.75, 3.05) is 0 Å². The summed E-state index contributed by atoms with van der Waals surface area (Å²) >= 11 is 0. The molecule has 1 amide bonds. The van der Waals surface area contributed by atoms with Crippen molar-refractivity contribution in [3.05, 3.63) is 65.7 Å². The number of sulfonamides is 1. The van der Waals surface area contributed by atoms with E-state index in [2.05, 4.69) is 10.3 Å². The van der Waals surface area contributed by atoms with E-state index in [0.29, 0.717) is 5.56 Å². The Morgan fingerprint density at radius 2 is 1.70 bits per heavy atom. The van der Waals surface area contributed by atoms with Crippen LogP contribution in [-0.4, -0.2) is 14.3 Å². The van der Waals surface area contributed by atoms with Gasteiger partial charge < -0.3 is 0 Å². The van der Waals surface area contributed by atoms with E-state index in [1.54, 1.807) is 36.4 Å². The summed E-state index contributed by atoms with van der Waals surface area (Å²) in [6.45, 7) is 1.85. The van der Waals surface area contributed by atoms with E-state index in [9.17, 15) is 13.2 Å². The van der Waals surface area contributed by atoms with Gasteiger partial charge in [-0.1, -0.05) is 35.9 Å². The lowest BCUT2D eigenvalue weighted by molar-refractivity contribution is 0.0945. The average molecular weight is 290 g/mol. The maximum absolute atomic E-state index is 11.9. The highest BCUT2D eigenvalue weighted by Gasteiger charge is 2.14. The second kappa shape index (κ2) is 5.85. The van der Waals surface area contributed by atoms with Crippen molar-refractivity contribution in [3.8, 4) is 0 Å². The Kier molecular flexibility index (Phi) is 4.16. The molecular formula is C14H14N2O3S. The number of carbonyl (C=O) groups excluding carboxylic acids is 1. The van der Waals surface area contributed by atoms with Gasteiger partial charge in [-0.2, -0.15) is 0 Å². The van der Waals surface area contributed by atoms with Crippen LogP contribution in [0.3, 0.4) is 0 Å². The van der Waals surface area contributed by atoms with Gasteiger partial charge in [-0.05, 0) is 31.2 Å². The van der Waals surface area contributed by atoms with Crippen LogP contribution in [0.2, 0.25) is 0 Å². The molecule has 0 aromatic heterocycles. The Morgan fingerprint density at radius 1 is 1.00 bits per heavy atom. The van der Waals surface area contributed by atoms with Gasteiger partial charge in [-0.25, -0.2) is 8.42 Å². The highest BCUT2D eigenvalue weighted by Crippen LogP contribution is 2.07. The van der Waals surface area contributed by atoms with E-state index in [1.165, 1.54) is 12.1 Å². The van der Waals surface area contributed by atoms with E-state index in [4.69, 9.17) is 0 Å². The zero-order valence-electron chi connectivity index (χ0n) is 10.8. The minimum atomic E-state index is -3.76. The molecule has 0 fully saturated rings. The first-order valence-electron chi connectivity index (χ1n) is 5.93. The molecule has 104 valence electrons. The molecule has 0 aliphatic rings. The van der Waals surface area contributed by atoms with Crippen molar-refractivity contribution in [2.24, 2.45) is 0 Å². The molecule has 2 aromatic carbocycles. The molecule has 0 aliphatic carbocycles. The third-order valence-electron chi connectivity index (χ3n) is 2.63. The van der Waals surface area contributed by atoms with E-state index in [1.807, 2.05) is 13.0 Å². The first-order valence-corrected chi connectivity index (χ1v) is 7.41. The molecule has 5 nitrogen and oxygen atoms in total. The molecule has 0 bridgehead atoms. The summed E-state index contributed by atoms with van der Waals surface area (Å²) in [5.74, 6) is -0.506. The lowest BCUT2D eigenvalue weighted by atomic mass is 10.1. The maximum Gasteiger partial charge on any atom is 0.266 e. The maximum atomic E-state index is 11.9. The first kappa shape index (κ1) is 14.2. The van der Waals surface area contributed by atoms with Crippen LogP contribution in [0.5, 0.6) is 0 Å². The summed E-state index contributed by atoms with van der Waals surface area (Å²) in [6.07, 6.45) is 0. The number of nitrogens with one attached hydrogen (secondary N) is 2. The number of benzene rings is 2. The van der Waals surface area contributed by atoms with Gasteiger partial charge >= 0.3 is 0 Å². The Bertz CT molecular complexity index is 712. The summed E-state index contributed by atoms with van der Waals surface area (Å²) < 4.78 is 23.8. The average Bonchev–Trinajstić information content (AvgIpc) is 2.46. The van der Waals surface area contributed by atoms with E-state index >= 15 is 0 Å². The monoisotopic (exact) mass is 290 g/mol. The van der Waals surface area contributed by atoms with Crippen molar-refractivity contribution in [1.82, 2.24) is 10.3 Å². The predicted octanol–water partition coefficient (Wildman–Crippen LogP) is 1.62. The van der Waals surface area contributed by atoms with Crippen molar-refractivity contribution < 1.29 is 13.2 Å². The van der Waals surface area contributed by atoms with E-state index in [0.717, 1.165) is 5.56 Å². The topological polar surface area (TPSA) is 75.3 Å². The zero-order chi connectivity index (χ0) is 14.6.